The number of amidine groups is 2. The number of alkyl halides is 12. The molecule has 17 heteroatoms. The number of aliphatic imine (C=N–C) groups is 2. The minimum Gasteiger partial charge on any atom is -0.354 e. The summed E-state index contributed by atoms with van der Waals surface area (Å²) in [5.74, 6) is -0.0957. The molecule has 0 atom stereocenters. The molecule has 0 spiro atoms. The topological polar surface area (TPSA) is 64.6 Å². The van der Waals surface area contributed by atoms with Crippen LogP contribution in [0.3, 0.4) is 0 Å². The predicted molar refractivity (Wildman–Crippen MR) is 199 cm³/mol. The van der Waals surface area contributed by atoms with Crippen LogP contribution in [-0.4, -0.2) is 16.7 Å². The van der Waals surface area contributed by atoms with Gasteiger partial charge in [-0.2, -0.15) is 52.7 Å². The molecule has 2 aliphatic rings. The Balaban J connectivity index is 1.27. The van der Waals surface area contributed by atoms with E-state index in [1.165, 1.54) is 24.3 Å². The van der Waals surface area contributed by atoms with Crippen LogP contribution in [0.4, 0.5) is 64.1 Å². The summed E-state index contributed by atoms with van der Waals surface area (Å²) < 4.78 is 162. The van der Waals surface area contributed by atoms with Crippen molar-refractivity contribution in [2.75, 3.05) is 10.6 Å². The highest BCUT2D eigenvalue weighted by atomic mass is 19.4. The molecule has 5 nitrogen and oxygen atoms in total. The molecular weight excluding hydrogens is 802 g/mol. The van der Waals surface area contributed by atoms with Gasteiger partial charge in [0.2, 0.25) is 0 Å². The van der Waals surface area contributed by atoms with Gasteiger partial charge in [-0.05, 0) is 84.0 Å². The summed E-state index contributed by atoms with van der Waals surface area (Å²) in [5, 5.41) is 5.10. The Labute approximate surface area is 326 Å². The Morgan fingerprint density at radius 3 is 1.03 bits per heavy atom. The molecule has 3 N–H and O–H groups in total. The van der Waals surface area contributed by atoms with Gasteiger partial charge < -0.3 is 15.6 Å². The van der Waals surface area contributed by atoms with Crippen LogP contribution >= 0.6 is 0 Å². The van der Waals surface area contributed by atoms with E-state index in [2.05, 4.69) is 25.6 Å². The number of nitrogens with one attached hydrogen (secondary N) is 3. The summed E-state index contributed by atoms with van der Waals surface area (Å²) in [5.41, 5.74) is -3.27. The summed E-state index contributed by atoms with van der Waals surface area (Å²) in [7, 11) is 0. The average Bonchev–Trinajstić information content (AvgIpc) is 3.94. The number of hydrogen-bond donors (Lipinski definition) is 3. The first-order valence-corrected chi connectivity index (χ1v) is 17.2. The molecule has 0 saturated heterocycles. The smallest absolute Gasteiger partial charge is 0.354 e. The molecule has 0 aliphatic carbocycles. The number of rotatable bonds is 6. The zero-order valence-electron chi connectivity index (χ0n) is 29.6. The zero-order valence-corrected chi connectivity index (χ0v) is 29.6. The van der Waals surface area contributed by atoms with Gasteiger partial charge in [0, 0.05) is 33.9 Å². The quantitative estimate of drug-likeness (QED) is 0.149. The first kappa shape index (κ1) is 40.4. The summed E-state index contributed by atoms with van der Waals surface area (Å²) in [4.78, 5) is 12.3. The summed E-state index contributed by atoms with van der Waals surface area (Å²) in [6.07, 6.45) is -14.4. The predicted octanol–water partition coefficient (Wildman–Crippen LogP) is 12.8. The number of H-pyrrole nitrogens is 1. The lowest BCUT2D eigenvalue weighted by molar-refractivity contribution is -0.144. The third-order valence-corrected chi connectivity index (χ3v) is 8.86. The Hall–Kier alpha value is -6.78. The van der Waals surface area contributed by atoms with Gasteiger partial charge in [-0.1, -0.05) is 60.7 Å². The second kappa shape index (κ2) is 15.2. The molecule has 0 saturated carbocycles. The van der Waals surface area contributed by atoms with Gasteiger partial charge in [0.1, 0.15) is 11.7 Å². The van der Waals surface area contributed by atoms with Crippen molar-refractivity contribution < 1.29 is 52.7 Å². The summed E-state index contributed by atoms with van der Waals surface area (Å²) in [6.45, 7) is 0. The normalized spacial score (nSPS) is 16.3. The number of benzene rings is 4. The van der Waals surface area contributed by atoms with E-state index in [1.807, 2.05) is 0 Å². The van der Waals surface area contributed by atoms with E-state index >= 15 is 0 Å². The molecule has 4 aromatic carbocycles. The number of aromatic nitrogens is 1. The molecule has 0 amide bonds. The van der Waals surface area contributed by atoms with E-state index in [0.29, 0.717) is 57.9 Å². The van der Waals surface area contributed by atoms with Gasteiger partial charge in [0.25, 0.3) is 0 Å². The van der Waals surface area contributed by atoms with Crippen LogP contribution in [0.1, 0.15) is 44.8 Å². The van der Waals surface area contributed by atoms with Gasteiger partial charge >= 0.3 is 24.7 Å². The minimum absolute atomic E-state index is 0.0194. The minimum atomic E-state index is -5.06. The number of aromatic amines is 1. The Kier molecular flexibility index (Phi) is 10.4. The van der Waals surface area contributed by atoms with Crippen LogP contribution in [0.25, 0.3) is 11.1 Å². The number of nitrogens with zero attached hydrogens (tertiary/aromatic N) is 2. The van der Waals surface area contributed by atoms with Gasteiger partial charge in [0.15, 0.2) is 0 Å². The van der Waals surface area contributed by atoms with Crippen LogP contribution in [0.2, 0.25) is 0 Å². The molecule has 1 aromatic heterocycles. The maximum absolute atomic E-state index is 13.5. The van der Waals surface area contributed by atoms with E-state index in [4.69, 9.17) is 0 Å². The van der Waals surface area contributed by atoms with E-state index in [-0.39, 0.29) is 35.2 Å². The number of halogens is 12. The number of anilines is 2. The molecular formula is C42H25F12N5. The van der Waals surface area contributed by atoms with Gasteiger partial charge in [-0.25, -0.2) is 9.98 Å². The van der Waals surface area contributed by atoms with Crippen LogP contribution in [-0.2, 0) is 24.7 Å². The fraction of sp³-hybridized carbons (Fsp3) is 0.0952. The lowest BCUT2D eigenvalue weighted by Crippen LogP contribution is -2.14. The molecule has 5 aromatic rings. The fourth-order valence-corrected chi connectivity index (χ4v) is 6.27. The van der Waals surface area contributed by atoms with Crippen LogP contribution < -0.4 is 10.6 Å². The molecule has 302 valence electrons. The highest BCUT2D eigenvalue weighted by Gasteiger charge is 2.38. The van der Waals surface area contributed by atoms with E-state index in [1.54, 1.807) is 72.8 Å². The second-order valence-corrected chi connectivity index (χ2v) is 13.0. The lowest BCUT2D eigenvalue weighted by atomic mass is 10.0. The molecule has 0 fully saturated rings. The van der Waals surface area contributed by atoms with E-state index in [0.717, 1.165) is 0 Å². The van der Waals surface area contributed by atoms with Crippen molar-refractivity contribution in [3.63, 3.8) is 0 Å². The third kappa shape index (κ3) is 9.19. The Morgan fingerprint density at radius 1 is 0.407 bits per heavy atom. The van der Waals surface area contributed by atoms with Crippen LogP contribution in [0, 0.1) is 0 Å². The van der Waals surface area contributed by atoms with Crippen LogP contribution in [0.5, 0.6) is 0 Å². The maximum atomic E-state index is 13.5. The molecule has 0 bridgehead atoms. The molecule has 59 heavy (non-hydrogen) atoms. The van der Waals surface area contributed by atoms with Crippen molar-refractivity contribution in [3.05, 3.63) is 190 Å². The molecule has 2 aliphatic heterocycles. The average molecular weight is 828 g/mol. The highest BCUT2D eigenvalue weighted by molar-refractivity contribution is 6.09. The van der Waals surface area contributed by atoms with Crippen molar-refractivity contribution >= 4 is 34.2 Å². The molecule has 3 heterocycles. The molecule has 0 radical (unpaired) electrons. The monoisotopic (exact) mass is 827 g/mol. The van der Waals surface area contributed by atoms with Crippen molar-refractivity contribution in [2.45, 2.75) is 24.7 Å². The standard InChI is InChI=1S/C42H25F12N5/c43-39(44,45)25-17-26(40(46,47)48)20-29(19-25)55-35-15-13-33(58-35)37(23-7-3-1-4-8-23)31-11-12-32(57-31)38(24-9-5-2-6-10-24)34-14-16-36(59-34)56-30-21-27(41(49,50)51)18-28(22-30)42(52,53)54/h1-22,57H,(H,55,58)(H,56,59)/b37-33-,38-34-. The number of hydrogen-bond acceptors (Lipinski definition) is 4. The summed E-state index contributed by atoms with van der Waals surface area (Å²) in [6, 6.07) is 23.2. The van der Waals surface area contributed by atoms with E-state index in [9.17, 15) is 52.7 Å². The van der Waals surface area contributed by atoms with Gasteiger partial charge in [-0.15, -0.1) is 0 Å². The first-order valence-electron chi connectivity index (χ1n) is 17.2. The largest absolute Gasteiger partial charge is 0.416 e. The fourth-order valence-electron chi connectivity index (χ4n) is 6.27. The molecule has 7 rings (SSSR count). The van der Waals surface area contributed by atoms with Gasteiger partial charge in [0.05, 0.1) is 33.6 Å². The SMILES string of the molecule is FC(F)(F)c1cc(NC2=N/C(=C(/c3ccccc3)c3ccc(/C(=C4/C=CC(Nc5cc(C(F)(F)F)cc(C(F)(F)F)c5)=N4)c4ccccc4)[nH]3)C=C2)cc(C(F)(F)F)c1. The summed E-state index contributed by atoms with van der Waals surface area (Å²) >= 11 is 0. The highest BCUT2D eigenvalue weighted by Crippen LogP contribution is 2.40. The maximum Gasteiger partial charge on any atom is 0.416 e. The Bertz CT molecular complexity index is 2340. The number of allylic oxidation sites excluding steroid dienone is 2. The van der Waals surface area contributed by atoms with Crippen molar-refractivity contribution in [1.82, 2.24) is 4.98 Å². The van der Waals surface area contributed by atoms with Crippen molar-refractivity contribution in [2.24, 2.45) is 9.98 Å². The zero-order chi connectivity index (χ0) is 42.3. The Morgan fingerprint density at radius 2 is 0.729 bits per heavy atom. The lowest BCUT2D eigenvalue weighted by Gasteiger charge is -2.15. The van der Waals surface area contributed by atoms with Crippen molar-refractivity contribution in [3.8, 4) is 0 Å². The van der Waals surface area contributed by atoms with Crippen molar-refractivity contribution in [1.29, 1.82) is 0 Å². The third-order valence-electron chi connectivity index (χ3n) is 8.86. The second-order valence-electron chi connectivity index (χ2n) is 13.0. The van der Waals surface area contributed by atoms with Gasteiger partial charge in [-0.3, -0.25) is 0 Å². The van der Waals surface area contributed by atoms with Crippen LogP contribution in [0.15, 0.2) is 155 Å². The first-order chi connectivity index (χ1) is 27.7. The molecule has 0 unspecified atom stereocenters. The van der Waals surface area contributed by atoms with E-state index < -0.39 is 58.3 Å².